The maximum atomic E-state index is 13.7. The summed E-state index contributed by atoms with van der Waals surface area (Å²) in [4.78, 5) is 11.1. The second-order valence-corrected chi connectivity index (χ2v) is 10.6. The summed E-state index contributed by atoms with van der Waals surface area (Å²) in [6.07, 6.45) is 3.24. The van der Waals surface area contributed by atoms with Crippen LogP contribution in [0.25, 0.3) is 10.8 Å². The Bertz CT molecular complexity index is 1270. The average molecular weight is 464 g/mol. The standard InChI is InChI=1S/C27H29NO4S/c1-3-27(25-14-13-22-9-4-5-10-24(22)17-25)33(30,31)28-15-7-12-26(18-28)23-11-6-8-21(16-23)19-32-20(2)29/h3-6,8-11,13-14,16-17,26-27H,1,7,12,15,18-19H2,2H3. The molecule has 1 aliphatic heterocycles. The molecule has 0 aromatic heterocycles. The van der Waals surface area contributed by atoms with Crippen LogP contribution in [0, 0.1) is 0 Å². The predicted molar refractivity (Wildman–Crippen MR) is 131 cm³/mol. The smallest absolute Gasteiger partial charge is 0.302 e. The number of piperidine rings is 1. The third-order valence-electron chi connectivity index (χ3n) is 6.25. The Balaban J connectivity index is 1.56. The summed E-state index contributed by atoms with van der Waals surface area (Å²) < 4.78 is 34.1. The molecule has 6 heteroatoms. The van der Waals surface area contributed by atoms with Crippen LogP contribution in [0.15, 0.2) is 79.4 Å². The van der Waals surface area contributed by atoms with Crippen LogP contribution < -0.4 is 0 Å². The van der Waals surface area contributed by atoms with Crippen LogP contribution in [0.5, 0.6) is 0 Å². The summed E-state index contributed by atoms with van der Waals surface area (Å²) >= 11 is 0. The van der Waals surface area contributed by atoms with Crippen LogP contribution >= 0.6 is 0 Å². The number of carbonyl (C=O) groups excluding carboxylic acids is 1. The number of rotatable bonds is 7. The molecule has 5 nitrogen and oxygen atoms in total. The van der Waals surface area contributed by atoms with E-state index in [0.717, 1.165) is 40.3 Å². The van der Waals surface area contributed by atoms with E-state index in [0.29, 0.717) is 13.1 Å². The highest BCUT2D eigenvalue weighted by atomic mass is 32.2. The van der Waals surface area contributed by atoms with Gasteiger partial charge in [0.1, 0.15) is 11.9 Å². The van der Waals surface area contributed by atoms with Gasteiger partial charge in [-0.05, 0) is 52.3 Å². The normalized spacial score (nSPS) is 18.0. The molecule has 3 aromatic carbocycles. The molecule has 4 rings (SSSR count). The molecule has 172 valence electrons. The predicted octanol–water partition coefficient (Wildman–Crippen LogP) is 5.34. The summed E-state index contributed by atoms with van der Waals surface area (Å²) in [5.74, 6) is -0.229. The molecule has 2 atom stereocenters. The van der Waals surface area contributed by atoms with Crippen molar-refractivity contribution in [2.75, 3.05) is 13.1 Å². The third kappa shape index (κ3) is 5.18. The summed E-state index contributed by atoms with van der Waals surface area (Å²) in [7, 11) is -3.62. The molecule has 0 aliphatic carbocycles. The lowest BCUT2D eigenvalue weighted by Crippen LogP contribution is -2.41. The van der Waals surface area contributed by atoms with Gasteiger partial charge in [-0.3, -0.25) is 4.79 Å². The van der Waals surface area contributed by atoms with Gasteiger partial charge >= 0.3 is 5.97 Å². The van der Waals surface area contributed by atoms with Gasteiger partial charge in [0.2, 0.25) is 10.0 Å². The minimum atomic E-state index is -3.62. The van der Waals surface area contributed by atoms with Gasteiger partial charge in [-0.25, -0.2) is 12.7 Å². The number of sulfonamides is 1. The van der Waals surface area contributed by atoms with E-state index >= 15 is 0 Å². The topological polar surface area (TPSA) is 63.7 Å². The molecular weight excluding hydrogens is 434 g/mol. The lowest BCUT2D eigenvalue weighted by atomic mass is 9.91. The number of nitrogens with zero attached hydrogens (tertiary/aromatic N) is 1. The van der Waals surface area contributed by atoms with Crippen LogP contribution in [0.2, 0.25) is 0 Å². The molecule has 0 bridgehead atoms. The molecule has 1 fully saturated rings. The molecule has 0 N–H and O–H groups in total. The zero-order valence-corrected chi connectivity index (χ0v) is 19.6. The van der Waals surface area contributed by atoms with Crippen molar-refractivity contribution in [1.82, 2.24) is 4.31 Å². The van der Waals surface area contributed by atoms with Gasteiger partial charge in [0.25, 0.3) is 0 Å². The lowest BCUT2D eigenvalue weighted by Gasteiger charge is -2.34. The number of esters is 1. The first-order valence-electron chi connectivity index (χ1n) is 11.2. The molecule has 33 heavy (non-hydrogen) atoms. The van der Waals surface area contributed by atoms with Crippen LogP contribution in [0.3, 0.4) is 0 Å². The fraction of sp³-hybridized carbons (Fsp3) is 0.296. The quantitative estimate of drug-likeness (QED) is 0.350. The van der Waals surface area contributed by atoms with E-state index in [9.17, 15) is 13.2 Å². The van der Waals surface area contributed by atoms with E-state index < -0.39 is 15.3 Å². The molecule has 0 spiro atoms. The summed E-state index contributed by atoms with van der Waals surface area (Å²) in [5.41, 5.74) is 2.71. The van der Waals surface area contributed by atoms with Crippen LogP contribution in [0.4, 0.5) is 0 Å². The molecule has 1 heterocycles. The highest BCUT2D eigenvalue weighted by Gasteiger charge is 2.35. The first-order chi connectivity index (χ1) is 15.9. The Morgan fingerprint density at radius 3 is 2.67 bits per heavy atom. The van der Waals surface area contributed by atoms with Crippen molar-refractivity contribution in [3.05, 3.63) is 96.1 Å². The lowest BCUT2D eigenvalue weighted by molar-refractivity contribution is -0.142. The number of hydrogen-bond donors (Lipinski definition) is 0. The Hall–Kier alpha value is -2.96. The minimum absolute atomic E-state index is 0.0906. The summed E-state index contributed by atoms with van der Waals surface area (Å²) in [6, 6.07) is 21.6. The molecule has 2 unspecified atom stereocenters. The monoisotopic (exact) mass is 463 g/mol. The number of ether oxygens (including phenoxy) is 1. The molecular formula is C27H29NO4S. The Labute approximate surface area is 195 Å². The highest BCUT2D eigenvalue weighted by molar-refractivity contribution is 7.89. The molecule has 3 aromatic rings. The minimum Gasteiger partial charge on any atom is -0.461 e. The van der Waals surface area contributed by atoms with E-state index in [-0.39, 0.29) is 18.5 Å². The maximum Gasteiger partial charge on any atom is 0.302 e. The van der Waals surface area contributed by atoms with Crippen molar-refractivity contribution < 1.29 is 17.9 Å². The van der Waals surface area contributed by atoms with Crippen LogP contribution in [-0.4, -0.2) is 31.8 Å². The van der Waals surface area contributed by atoms with Crippen molar-refractivity contribution in [2.45, 2.75) is 37.5 Å². The third-order valence-corrected chi connectivity index (χ3v) is 8.40. The highest BCUT2D eigenvalue weighted by Crippen LogP contribution is 2.34. The van der Waals surface area contributed by atoms with Crippen molar-refractivity contribution >= 4 is 26.8 Å². The van der Waals surface area contributed by atoms with E-state index in [4.69, 9.17) is 4.74 Å². The van der Waals surface area contributed by atoms with Crippen molar-refractivity contribution in [1.29, 1.82) is 0 Å². The Kier molecular flexibility index (Phi) is 6.96. The van der Waals surface area contributed by atoms with Crippen molar-refractivity contribution in [3.63, 3.8) is 0 Å². The molecule has 1 saturated heterocycles. The van der Waals surface area contributed by atoms with E-state index in [1.165, 1.54) is 13.0 Å². The van der Waals surface area contributed by atoms with Gasteiger partial charge in [0, 0.05) is 20.0 Å². The van der Waals surface area contributed by atoms with Crippen molar-refractivity contribution in [3.8, 4) is 0 Å². The van der Waals surface area contributed by atoms with E-state index in [1.807, 2.05) is 66.7 Å². The molecule has 0 radical (unpaired) electrons. The summed E-state index contributed by atoms with van der Waals surface area (Å²) in [6.45, 7) is 6.40. The van der Waals surface area contributed by atoms with Crippen molar-refractivity contribution in [2.24, 2.45) is 0 Å². The zero-order valence-electron chi connectivity index (χ0n) is 18.8. The van der Waals surface area contributed by atoms with Gasteiger partial charge in [-0.15, -0.1) is 6.58 Å². The number of fused-ring (bicyclic) bond motifs is 1. The first-order valence-corrected chi connectivity index (χ1v) is 12.7. The zero-order chi connectivity index (χ0) is 23.4. The van der Waals surface area contributed by atoms with Gasteiger partial charge in [-0.2, -0.15) is 0 Å². The van der Waals surface area contributed by atoms with Crippen LogP contribution in [0.1, 0.15) is 47.6 Å². The Morgan fingerprint density at radius 1 is 1.12 bits per heavy atom. The van der Waals surface area contributed by atoms with Crippen LogP contribution in [-0.2, 0) is 26.2 Å². The van der Waals surface area contributed by atoms with Gasteiger partial charge in [0.05, 0.1) is 0 Å². The van der Waals surface area contributed by atoms with E-state index in [1.54, 1.807) is 4.31 Å². The fourth-order valence-corrected chi connectivity index (χ4v) is 6.37. The molecule has 1 aliphatic rings. The maximum absolute atomic E-state index is 13.7. The number of carbonyl (C=O) groups is 1. The first kappa shape index (κ1) is 23.2. The number of benzene rings is 3. The largest absolute Gasteiger partial charge is 0.461 e. The van der Waals surface area contributed by atoms with Gasteiger partial charge in [-0.1, -0.05) is 66.7 Å². The van der Waals surface area contributed by atoms with Gasteiger partial charge in [0.15, 0.2) is 0 Å². The molecule has 0 saturated carbocycles. The van der Waals surface area contributed by atoms with Gasteiger partial charge < -0.3 is 4.74 Å². The second-order valence-electron chi connectivity index (χ2n) is 8.53. The molecule has 0 amide bonds. The second kappa shape index (κ2) is 9.89. The summed E-state index contributed by atoms with van der Waals surface area (Å²) in [5, 5.41) is 1.29. The SMILES string of the molecule is C=CC(c1ccc2ccccc2c1)S(=O)(=O)N1CCCC(c2cccc(COC(C)=O)c2)C1. The fourth-order valence-electron chi connectivity index (χ4n) is 4.54. The average Bonchev–Trinajstić information content (AvgIpc) is 2.83. The number of hydrogen-bond acceptors (Lipinski definition) is 4. The van der Waals surface area contributed by atoms with E-state index in [2.05, 4.69) is 6.58 Å². The Morgan fingerprint density at radius 2 is 1.91 bits per heavy atom.